The summed E-state index contributed by atoms with van der Waals surface area (Å²) in [6.45, 7) is 0. The van der Waals surface area contributed by atoms with Crippen LogP contribution in [0.5, 0.6) is 0 Å². The van der Waals surface area contributed by atoms with Crippen molar-refractivity contribution < 1.29 is 13.0 Å². The molecule has 0 aromatic heterocycles. The minimum Gasteiger partial charge on any atom is -0.286 e. The van der Waals surface area contributed by atoms with E-state index in [4.69, 9.17) is 4.55 Å². The summed E-state index contributed by atoms with van der Waals surface area (Å²) in [6.07, 6.45) is 0.715. The second-order valence-corrected chi connectivity index (χ2v) is 6.07. The van der Waals surface area contributed by atoms with Crippen LogP contribution in [0, 0.1) is 0 Å². The SMILES string of the molecule is CS(=O)(=O)O.I.c1ccc(Sc2ccccc2)cc1. The largest absolute Gasteiger partial charge is 0.286 e. The minimum atomic E-state index is -3.67. The van der Waals surface area contributed by atoms with Gasteiger partial charge in [-0.05, 0) is 24.3 Å². The van der Waals surface area contributed by atoms with E-state index in [1.54, 1.807) is 11.8 Å². The van der Waals surface area contributed by atoms with Crippen LogP contribution >= 0.6 is 35.7 Å². The number of rotatable bonds is 2. The molecule has 0 bridgehead atoms. The molecular formula is C13H15IO3S2. The molecule has 0 saturated carbocycles. The van der Waals surface area contributed by atoms with E-state index in [9.17, 15) is 8.42 Å². The Kier molecular flexibility index (Phi) is 9.07. The smallest absolute Gasteiger partial charge is 0.261 e. The summed E-state index contributed by atoms with van der Waals surface area (Å²) >= 11 is 1.79. The highest BCUT2D eigenvalue weighted by molar-refractivity contribution is 14.0. The van der Waals surface area contributed by atoms with Crippen LogP contribution in [0.3, 0.4) is 0 Å². The molecule has 0 fully saturated rings. The fourth-order valence-corrected chi connectivity index (χ4v) is 1.97. The molecular weight excluding hydrogens is 395 g/mol. The summed E-state index contributed by atoms with van der Waals surface area (Å²) in [5, 5.41) is 0. The number of hydrogen-bond donors (Lipinski definition) is 1. The van der Waals surface area contributed by atoms with Gasteiger partial charge in [0.1, 0.15) is 0 Å². The van der Waals surface area contributed by atoms with E-state index in [2.05, 4.69) is 48.5 Å². The molecule has 0 spiro atoms. The lowest BCUT2D eigenvalue weighted by Gasteiger charge is -1.99. The number of benzene rings is 2. The Morgan fingerprint density at radius 3 is 1.37 bits per heavy atom. The summed E-state index contributed by atoms with van der Waals surface area (Å²) in [7, 11) is -3.67. The van der Waals surface area contributed by atoms with Gasteiger partial charge in [-0.2, -0.15) is 8.42 Å². The Morgan fingerprint density at radius 2 is 1.11 bits per heavy atom. The highest BCUT2D eigenvalue weighted by Crippen LogP contribution is 2.26. The lowest BCUT2D eigenvalue weighted by Crippen LogP contribution is -1.88. The maximum Gasteiger partial charge on any atom is 0.261 e. The summed E-state index contributed by atoms with van der Waals surface area (Å²) in [4.78, 5) is 2.57. The van der Waals surface area contributed by atoms with E-state index in [1.165, 1.54) is 9.79 Å². The van der Waals surface area contributed by atoms with Gasteiger partial charge in [-0.15, -0.1) is 24.0 Å². The van der Waals surface area contributed by atoms with Crippen LogP contribution in [-0.2, 0) is 10.1 Å². The average molecular weight is 410 g/mol. The van der Waals surface area contributed by atoms with E-state index in [0.717, 1.165) is 0 Å². The van der Waals surface area contributed by atoms with Gasteiger partial charge < -0.3 is 0 Å². The van der Waals surface area contributed by atoms with Gasteiger partial charge in [-0.1, -0.05) is 48.2 Å². The molecule has 19 heavy (non-hydrogen) atoms. The van der Waals surface area contributed by atoms with Crippen molar-refractivity contribution in [2.45, 2.75) is 9.79 Å². The monoisotopic (exact) mass is 410 g/mol. The third-order valence-electron chi connectivity index (χ3n) is 1.72. The lowest BCUT2D eigenvalue weighted by molar-refractivity contribution is 0.490. The summed E-state index contributed by atoms with van der Waals surface area (Å²) in [5.74, 6) is 0. The zero-order valence-electron chi connectivity index (χ0n) is 10.3. The van der Waals surface area contributed by atoms with Crippen LogP contribution in [0.4, 0.5) is 0 Å². The molecule has 104 valence electrons. The highest BCUT2D eigenvalue weighted by Gasteiger charge is 1.93. The molecule has 6 heteroatoms. The van der Waals surface area contributed by atoms with Crippen LogP contribution in [0.15, 0.2) is 70.5 Å². The Morgan fingerprint density at radius 1 is 0.842 bits per heavy atom. The molecule has 0 saturated heterocycles. The normalized spacial score (nSPS) is 9.79. The number of hydrogen-bond acceptors (Lipinski definition) is 3. The number of halogens is 1. The Bertz CT molecular complexity index is 511. The van der Waals surface area contributed by atoms with Crippen molar-refractivity contribution >= 4 is 45.9 Å². The molecule has 0 radical (unpaired) electrons. The lowest BCUT2D eigenvalue weighted by atomic mass is 10.4. The van der Waals surface area contributed by atoms with Crippen LogP contribution in [0.25, 0.3) is 0 Å². The van der Waals surface area contributed by atoms with Crippen molar-refractivity contribution in [1.29, 1.82) is 0 Å². The molecule has 0 unspecified atom stereocenters. The predicted molar refractivity (Wildman–Crippen MR) is 89.9 cm³/mol. The van der Waals surface area contributed by atoms with Gasteiger partial charge in [0.05, 0.1) is 6.26 Å². The second-order valence-electron chi connectivity index (χ2n) is 3.46. The van der Waals surface area contributed by atoms with Crippen molar-refractivity contribution in [3.8, 4) is 0 Å². The van der Waals surface area contributed by atoms with Crippen molar-refractivity contribution in [3.63, 3.8) is 0 Å². The van der Waals surface area contributed by atoms with Crippen molar-refractivity contribution in [3.05, 3.63) is 60.7 Å². The second kappa shape index (κ2) is 9.35. The van der Waals surface area contributed by atoms with Crippen LogP contribution < -0.4 is 0 Å². The van der Waals surface area contributed by atoms with Gasteiger partial charge in [0, 0.05) is 9.79 Å². The fourth-order valence-electron chi connectivity index (χ4n) is 1.11. The van der Waals surface area contributed by atoms with E-state index in [1.807, 2.05) is 12.1 Å². The molecule has 0 heterocycles. The zero-order chi connectivity index (χ0) is 13.4. The summed E-state index contributed by atoms with van der Waals surface area (Å²) in [5.41, 5.74) is 0. The topological polar surface area (TPSA) is 54.4 Å². The van der Waals surface area contributed by atoms with Crippen molar-refractivity contribution in [2.75, 3.05) is 6.26 Å². The van der Waals surface area contributed by atoms with Crippen LogP contribution in [-0.4, -0.2) is 19.2 Å². The van der Waals surface area contributed by atoms with Gasteiger partial charge in [0.2, 0.25) is 0 Å². The fraction of sp³-hybridized carbons (Fsp3) is 0.0769. The van der Waals surface area contributed by atoms with Crippen molar-refractivity contribution in [1.82, 2.24) is 0 Å². The molecule has 2 aromatic carbocycles. The molecule has 0 aliphatic heterocycles. The first-order valence-electron chi connectivity index (χ1n) is 5.15. The summed E-state index contributed by atoms with van der Waals surface area (Å²) in [6, 6.07) is 20.8. The standard InChI is InChI=1S/C12H10S.CH4O3S.HI/c1-3-7-11(8-4-1)13-12-9-5-2-6-10-12;1-5(2,3)4;/h1-10H;1H3,(H,2,3,4);1H. The molecule has 1 N–H and O–H groups in total. The minimum absolute atomic E-state index is 0. The Hall–Kier alpha value is -0.570. The van der Waals surface area contributed by atoms with Gasteiger partial charge in [-0.25, -0.2) is 0 Å². The summed E-state index contributed by atoms with van der Waals surface area (Å²) < 4.78 is 25.9. The average Bonchev–Trinajstić information content (AvgIpc) is 2.29. The highest BCUT2D eigenvalue weighted by atomic mass is 127. The predicted octanol–water partition coefficient (Wildman–Crippen LogP) is 3.96. The van der Waals surface area contributed by atoms with Crippen LogP contribution in [0.1, 0.15) is 0 Å². The van der Waals surface area contributed by atoms with E-state index in [-0.39, 0.29) is 24.0 Å². The Balaban J connectivity index is 0.000000471. The third kappa shape index (κ3) is 11.0. The van der Waals surface area contributed by atoms with Crippen LogP contribution in [0.2, 0.25) is 0 Å². The molecule has 3 nitrogen and oxygen atoms in total. The van der Waals surface area contributed by atoms with E-state index >= 15 is 0 Å². The molecule has 0 amide bonds. The first kappa shape index (κ1) is 18.4. The van der Waals surface area contributed by atoms with Gasteiger partial charge in [0.15, 0.2) is 0 Å². The maximum atomic E-state index is 9.19. The maximum absolute atomic E-state index is 9.19. The quantitative estimate of drug-likeness (QED) is 0.602. The Labute approximate surface area is 135 Å². The molecule has 2 rings (SSSR count). The molecule has 0 aliphatic carbocycles. The van der Waals surface area contributed by atoms with Crippen molar-refractivity contribution in [2.24, 2.45) is 0 Å². The van der Waals surface area contributed by atoms with E-state index < -0.39 is 10.1 Å². The first-order valence-corrected chi connectivity index (χ1v) is 7.82. The zero-order valence-corrected chi connectivity index (χ0v) is 14.2. The molecule has 0 aliphatic rings. The van der Waals surface area contributed by atoms with E-state index in [0.29, 0.717) is 6.26 Å². The first-order chi connectivity index (χ1) is 8.45. The van der Waals surface area contributed by atoms with Gasteiger partial charge in [0.25, 0.3) is 10.1 Å². The molecule has 2 aromatic rings. The van der Waals surface area contributed by atoms with Gasteiger partial charge in [-0.3, -0.25) is 4.55 Å². The molecule has 0 atom stereocenters. The van der Waals surface area contributed by atoms with Gasteiger partial charge >= 0.3 is 0 Å². The third-order valence-corrected chi connectivity index (χ3v) is 2.74.